The Hall–Kier alpha value is -2.50. The number of methoxy groups -OCH3 is 1. The third-order valence-corrected chi connectivity index (χ3v) is 3.15. The highest BCUT2D eigenvalue weighted by atomic mass is 16.6. The van der Waals surface area contributed by atoms with Crippen molar-refractivity contribution in [3.8, 4) is 5.75 Å². The Labute approximate surface area is 149 Å². The Morgan fingerprint density at radius 3 is 2.36 bits per heavy atom. The van der Waals surface area contributed by atoms with Crippen LogP contribution in [0.5, 0.6) is 5.75 Å². The first-order valence-corrected chi connectivity index (χ1v) is 8.14. The van der Waals surface area contributed by atoms with E-state index in [2.05, 4.69) is 4.74 Å². The van der Waals surface area contributed by atoms with E-state index < -0.39 is 17.7 Å². The van der Waals surface area contributed by atoms with Crippen LogP contribution in [0.15, 0.2) is 42.0 Å². The minimum Gasteiger partial charge on any atom is -0.492 e. The number of carbonyl (C=O) groups excluding carboxylic acids is 2. The largest absolute Gasteiger partial charge is 0.492 e. The number of hydrogen-bond acceptors (Lipinski definition) is 5. The highest BCUT2D eigenvalue weighted by Crippen LogP contribution is 2.12. The predicted molar refractivity (Wildman–Crippen MR) is 95.5 cm³/mol. The van der Waals surface area contributed by atoms with Crippen LogP contribution in [0.2, 0.25) is 0 Å². The molecule has 0 atom stereocenters. The van der Waals surface area contributed by atoms with Crippen molar-refractivity contribution in [3.63, 3.8) is 0 Å². The van der Waals surface area contributed by atoms with Gasteiger partial charge in [0.25, 0.3) is 0 Å². The van der Waals surface area contributed by atoms with Gasteiger partial charge in [-0.1, -0.05) is 24.3 Å². The molecule has 0 aliphatic rings. The van der Waals surface area contributed by atoms with Gasteiger partial charge in [-0.25, -0.2) is 9.59 Å². The van der Waals surface area contributed by atoms with Gasteiger partial charge in [0.1, 0.15) is 18.0 Å². The molecule has 138 valence electrons. The van der Waals surface area contributed by atoms with Crippen molar-refractivity contribution < 1.29 is 23.8 Å². The maximum absolute atomic E-state index is 12.4. The molecule has 0 heterocycles. The average molecular weight is 349 g/mol. The van der Waals surface area contributed by atoms with Gasteiger partial charge >= 0.3 is 12.1 Å². The first kappa shape index (κ1) is 20.5. The summed E-state index contributed by atoms with van der Waals surface area (Å²) in [5.41, 5.74) is -0.170. The van der Waals surface area contributed by atoms with Crippen molar-refractivity contribution >= 4 is 12.1 Å². The zero-order valence-electron chi connectivity index (χ0n) is 15.6. The molecule has 1 amide bonds. The second kappa shape index (κ2) is 9.71. The lowest BCUT2D eigenvalue weighted by molar-refractivity contribution is -0.136. The Kier molecular flexibility index (Phi) is 7.98. The SMILES string of the molecule is COC(=O)/C(C)=C/CN(CCOc1ccccc1)C(=O)OC(C)(C)C. The van der Waals surface area contributed by atoms with Crippen molar-refractivity contribution in [1.82, 2.24) is 4.90 Å². The molecule has 0 aliphatic carbocycles. The number of benzene rings is 1. The van der Waals surface area contributed by atoms with Gasteiger partial charge in [-0.3, -0.25) is 0 Å². The third-order valence-electron chi connectivity index (χ3n) is 3.15. The minimum absolute atomic E-state index is 0.230. The molecule has 1 rings (SSSR count). The summed E-state index contributed by atoms with van der Waals surface area (Å²) in [4.78, 5) is 25.3. The van der Waals surface area contributed by atoms with E-state index in [1.807, 2.05) is 30.3 Å². The van der Waals surface area contributed by atoms with Crippen molar-refractivity contribution in [2.75, 3.05) is 26.8 Å². The molecule has 0 aliphatic heterocycles. The molecule has 1 aromatic rings. The lowest BCUT2D eigenvalue weighted by Gasteiger charge is -2.26. The van der Waals surface area contributed by atoms with Crippen molar-refractivity contribution in [2.24, 2.45) is 0 Å². The fourth-order valence-electron chi connectivity index (χ4n) is 1.87. The molecule has 1 aromatic carbocycles. The molecule has 0 saturated heterocycles. The van der Waals surface area contributed by atoms with E-state index >= 15 is 0 Å². The smallest absolute Gasteiger partial charge is 0.410 e. The van der Waals surface area contributed by atoms with Gasteiger partial charge < -0.3 is 19.1 Å². The molecule has 0 unspecified atom stereocenters. The van der Waals surface area contributed by atoms with E-state index in [-0.39, 0.29) is 6.54 Å². The lowest BCUT2D eigenvalue weighted by atomic mass is 10.2. The third kappa shape index (κ3) is 8.24. The molecule has 0 fully saturated rings. The highest BCUT2D eigenvalue weighted by Gasteiger charge is 2.21. The molecule has 25 heavy (non-hydrogen) atoms. The number of esters is 1. The summed E-state index contributed by atoms with van der Waals surface area (Å²) in [7, 11) is 1.32. The van der Waals surface area contributed by atoms with E-state index in [1.54, 1.807) is 33.8 Å². The first-order chi connectivity index (χ1) is 11.7. The summed E-state index contributed by atoms with van der Waals surface area (Å²) in [5, 5.41) is 0. The van der Waals surface area contributed by atoms with Crippen LogP contribution in [0.3, 0.4) is 0 Å². The van der Waals surface area contributed by atoms with Crippen LogP contribution in [-0.4, -0.2) is 49.4 Å². The molecule has 0 N–H and O–H groups in total. The quantitative estimate of drug-likeness (QED) is 0.557. The number of hydrogen-bond donors (Lipinski definition) is 0. The van der Waals surface area contributed by atoms with Crippen LogP contribution in [-0.2, 0) is 14.3 Å². The zero-order valence-corrected chi connectivity index (χ0v) is 15.6. The van der Waals surface area contributed by atoms with Crippen LogP contribution in [0.25, 0.3) is 0 Å². The summed E-state index contributed by atoms with van der Waals surface area (Å²) in [6.07, 6.45) is 1.18. The van der Waals surface area contributed by atoms with Crippen LogP contribution >= 0.6 is 0 Å². The van der Waals surface area contributed by atoms with Crippen molar-refractivity contribution in [3.05, 3.63) is 42.0 Å². The van der Waals surface area contributed by atoms with Crippen molar-refractivity contribution in [2.45, 2.75) is 33.3 Å². The van der Waals surface area contributed by atoms with Crippen LogP contribution in [0, 0.1) is 0 Å². The predicted octanol–water partition coefficient (Wildman–Crippen LogP) is 3.42. The molecule has 0 radical (unpaired) electrons. The Morgan fingerprint density at radius 1 is 1.16 bits per heavy atom. The number of rotatable bonds is 7. The summed E-state index contributed by atoms with van der Waals surface area (Å²) in [6, 6.07) is 9.35. The Bertz CT molecular complexity index is 590. The summed E-state index contributed by atoms with van der Waals surface area (Å²) in [5.74, 6) is 0.303. The highest BCUT2D eigenvalue weighted by molar-refractivity contribution is 5.87. The molecular formula is C19H27NO5. The molecule has 0 bridgehead atoms. The Balaban J connectivity index is 2.69. The van der Waals surface area contributed by atoms with Gasteiger partial charge in [-0.05, 0) is 39.8 Å². The molecule has 6 nitrogen and oxygen atoms in total. The van der Waals surface area contributed by atoms with Crippen molar-refractivity contribution in [1.29, 1.82) is 0 Å². The number of amides is 1. The molecule has 6 heteroatoms. The number of nitrogens with zero attached hydrogens (tertiary/aromatic N) is 1. The normalized spacial score (nSPS) is 11.6. The van der Waals surface area contributed by atoms with E-state index in [0.29, 0.717) is 18.7 Å². The van der Waals surface area contributed by atoms with Gasteiger partial charge in [0.05, 0.1) is 13.7 Å². The monoisotopic (exact) mass is 349 g/mol. The Morgan fingerprint density at radius 2 is 1.80 bits per heavy atom. The summed E-state index contributed by atoms with van der Waals surface area (Å²) >= 11 is 0. The summed E-state index contributed by atoms with van der Waals surface area (Å²) in [6.45, 7) is 7.92. The minimum atomic E-state index is -0.600. The van der Waals surface area contributed by atoms with E-state index in [9.17, 15) is 9.59 Å². The van der Waals surface area contributed by atoms with Gasteiger partial charge in [0.15, 0.2) is 0 Å². The molecule has 0 saturated carbocycles. The number of ether oxygens (including phenoxy) is 3. The standard InChI is InChI=1S/C19H27NO5/c1-15(17(21)23-5)11-12-20(18(22)25-19(2,3)4)13-14-24-16-9-7-6-8-10-16/h6-11H,12-14H2,1-5H3/b15-11+. The number of para-hydroxylation sites is 1. The lowest BCUT2D eigenvalue weighted by Crippen LogP contribution is -2.39. The molecule has 0 spiro atoms. The van der Waals surface area contributed by atoms with Gasteiger partial charge in [-0.2, -0.15) is 0 Å². The maximum Gasteiger partial charge on any atom is 0.410 e. The fourth-order valence-corrected chi connectivity index (χ4v) is 1.87. The molecular weight excluding hydrogens is 322 g/mol. The van der Waals surface area contributed by atoms with E-state index in [4.69, 9.17) is 9.47 Å². The maximum atomic E-state index is 12.4. The van der Waals surface area contributed by atoms with Crippen LogP contribution in [0.1, 0.15) is 27.7 Å². The molecule has 0 aromatic heterocycles. The average Bonchev–Trinajstić information content (AvgIpc) is 2.56. The van der Waals surface area contributed by atoms with Gasteiger partial charge in [0, 0.05) is 12.1 Å². The fraction of sp³-hybridized carbons (Fsp3) is 0.474. The summed E-state index contributed by atoms with van der Waals surface area (Å²) < 4.78 is 15.7. The first-order valence-electron chi connectivity index (χ1n) is 8.14. The topological polar surface area (TPSA) is 65.1 Å². The zero-order chi connectivity index (χ0) is 18.9. The van der Waals surface area contributed by atoms with E-state index in [0.717, 1.165) is 5.75 Å². The van der Waals surface area contributed by atoms with Gasteiger partial charge in [0.2, 0.25) is 0 Å². The van der Waals surface area contributed by atoms with E-state index in [1.165, 1.54) is 12.0 Å². The van der Waals surface area contributed by atoms with Crippen LogP contribution < -0.4 is 4.74 Å². The van der Waals surface area contributed by atoms with Crippen LogP contribution in [0.4, 0.5) is 4.79 Å². The van der Waals surface area contributed by atoms with Gasteiger partial charge in [-0.15, -0.1) is 0 Å². The second-order valence-electron chi connectivity index (χ2n) is 6.47. The second-order valence-corrected chi connectivity index (χ2v) is 6.47. The number of carbonyl (C=O) groups is 2.